The van der Waals surface area contributed by atoms with Crippen molar-refractivity contribution < 1.29 is 13.2 Å². The zero-order valence-electron chi connectivity index (χ0n) is 13.8. The van der Waals surface area contributed by atoms with Gasteiger partial charge in [0.1, 0.15) is 0 Å². The van der Waals surface area contributed by atoms with E-state index in [0.29, 0.717) is 17.1 Å². The Labute approximate surface area is 142 Å². The Kier molecular flexibility index (Phi) is 4.84. The van der Waals surface area contributed by atoms with Gasteiger partial charge in [-0.05, 0) is 36.4 Å². The average Bonchev–Trinajstić information content (AvgIpc) is 2.46. The Morgan fingerprint density at radius 3 is 2.25 bits per heavy atom. The third kappa shape index (κ3) is 4.48. The van der Waals surface area contributed by atoms with Crippen LogP contribution in [0.3, 0.4) is 0 Å². The van der Waals surface area contributed by atoms with E-state index < -0.39 is 15.4 Å². The van der Waals surface area contributed by atoms with Gasteiger partial charge in [0.2, 0.25) is 5.91 Å². The first-order valence-electron chi connectivity index (χ1n) is 7.38. The van der Waals surface area contributed by atoms with Gasteiger partial charge in [0.25, 0.3) is 10.0 Å². The van der Waals surface area contributed by atoms with E-state index in [1.165, 1.54) is 12.1 Å². The minimum absolute atomic E-state index is 0.0756. The van der Waals surface area contributed by atoms with E-state index in [4.69, 9.17) is 5.73 Å². The molecule has 0 bridgehead atoms. The summed E-state index contributed by atoms with van der Waals surface area (Å²) in [6.07, 6.45) is 0. The molecule has 7 heteroatoms. The maximum Gasteiger partial charge on any atom is 0.261 e. The lowest BCUT2D eigenvalue weighted by molar-refractivity contribution is -0.123. The highest BCUT2D eigenvalue weighted by Crippen LogP contribution is 2.22. The molecule has 4 N–H and O–H groups in total. The molecular weight excluding hydrogens is 326 g/mol. The van der Waals surface area contributed by atoms with Crippen LogP contribution in [-0.4, -0.2) is 14.3 Å². The number of nitrogens with two attached hydrogens (primary N) is 1. The predicted octanol–water partition coefficient (Wildman–Crippen LogP) is 3.05. The number of benzene rings is 2. The maximum atomic E-state index is 12.4. The molecule has 0 saturated heterocycles. The zero-order chi connectivity index (χ0) is 18.0. The van der Waals surface area contributed by atoms with Crippen LogP contribution in [0, 0.1) is 5.41 Å². The van der Waals surface area contributed by atoms with Crippen LogP contribution in [0.15, 0.2) is 53.4 Å². The van der Waals surface area contributed by atoms with Crippen LogP contribution in [0.4, 0.5) is 17.1 Å². The summed E-state index contributed by atoms with van der Waals surface area (Å²) in [5.41, 5.74) is 6.32. The molecule has 0 aliphatic rings. The number of hydrogen-bond donors (Lipinski definition) is 3. The fourth-order valence-electron chi connectivity index (χ4n) is 1.87. The number of carbonyl (C=O) groups is 1. The molecule has 0 saturated carbocycles. The molecule has 6 nitrogen and oxygen atoms in total. The number of carbonyl (C=O) groups excluding carboxylic acids is 1. The number of amides is 1. The topological polar surface area (TPSA) is 101 Å². The van der Waals surface area contributed by atoms with Crippen molar-refractivity contribution in [3.8, 4) is 0 Å². The molecule has 1 amide bonds. The summed E-state index contributed by atoms with van der Waals surface area (Å²) < 4.78 is 27.3. The second kappa shape index (κ2) is 6.52. The van der Waals surface area contributed by atoms with Crippen molar-refractivity contribution >= 4 is 33.0 Å². The molecule has 0 aromatic heterocycles. The molecule has 0 unspecified atom stereocenters. The lowest BCUT2D eigenvalue weighted by Gasteiger charge is -2.18. The highest BCUT2D eigenvalue weighted by atomic mass is 32.2. The van der Waals surface area contributed by atoms with Gasteiger partial charge in [0, 0.05) is 16.8 Å². The molecular formula is C17H21N3O3S. The summed E-state index contributed by atoms with van der Waals surface area (Å²) in [5.74, 6) is -0.154. The molecule has 2 aromatic carbocycles. The summed E-state index contributed by atoms with van der Waals surface area (Å²) in [4.78, 5) is 12.1. The molecule has 2 aromatic rings. The van der Waals surface area contributed by atoms with Gasteiger partial charge < -0.3 is 11.1 Å². The maximum absolute atomic E-state index is 12.4. The number of nitrogen functional groups attached to an aromatic ring is 1. The Bertz CT molecular complexity index is 855. The molecule has 0 radical (unpaired) electrons. The lowest BCUT2D eigenvalue weighted by Crippen LogP contribution is -2.27. The standard InChI is InChI=1S/C17H21N3O3S/c1-17(2,3)16(21)19-13-7-5-8-14(11-13)20-24(22,23)15-9-4-6-12(18)10-15/h4-11,20H,18H2,1-3H3,(H,19,21). The summed E-state index contributed by atoms with van der Waals surface area (Å²) in [5, 5.41) is 2.76. The predicted molar refractivity (Wildman–Crippen MR) is 96.2 cm³/mol. The lowest BCUT2D eigenvalue weighted by atomic mass is 9.95. The molecule has 24 heavy (non-hydrogen) atoms. The van der Waals surface area contributed by atoms with E-state index in [1.54, 1.807) is 57.2 Å². The van der Waals surface area contributed by atoms with Crippen LogP contribution in [0.1, 0.15) is 20.8 Å². The van der Waals surface area contributed by atoms with Crippen LogP contribution in [0.2, 0.25) is 0 Å². The van der Waals surface area contributed by atoms with Gasteiger partial charge in [-0.15, -0.1) is 0 Å². The first kappa shape index (κ1) is 17.8. The molecule has 2 rings (SSSR count). The van der Waals surface area contributed by atoms with Crippen molar-refractivity contribution in [2.45, 2.75) is 25.7 Å². The van der Waals surface area contributed by atoms with Crippen LogP contribution in [0.5, 0.6) is 0 Å². The molecule has 0 aliphatic carbocycles. The van der Waals surface area contributed by atoms with Gasteiger partial charge in [0.15, 0.2) is 0 Å². The fourth-order valence-corrected chi connectivity index (χ4v) is 2.98. The molecule has 0 aliphatic heterocycles. The Morgan fingerprint density at radius 1 is 1.00 bits per heavy atom. The van der Waals surface area contributed by atoms with Gasteiger partial charge >= 0.3 is 0 Å². The number of nitrogens with one attached hydrogen (secondary N) is 2. The number of sulfonamides is 1. The third-order valence-corrected chi connectivity index (χ3v) is 4.60. The van der Waals surface area contributed by atoms with Crippen molar-refractivity contribution in [1.82, 2.24) is 0 Å². The van der Waals surface area contributed by atoms with Gasteiger partial charge in [-0.1, -0.05) is 32.9 Å². The van der Waals surface area contributed by atoms with E-state index in [1.807, 2.05) is 0 Å². The summed E-state index contributed by atoms with van der Waals surface area (Å²) in [7, 11) is -3.75. The molecule has 0 fully saturated rings. The van der Waals surface area contributed by atoms with E-state index in [2.05, 4.69) is 10.0 Å². The monoisotopic (exact) mass is 347 g/mol. The largest absolute Gasteiger partial charge is 0.399 e. The van der Waals surface area contributed by atoms with E-state index in [-0.39, 0.29) is 10.8 Å². The summed E-state index contributed by atoms with van der Waals surface area (Å²) in [6.45, 7) is 5.40. The SMILES string of the molecule is CC(C)(C)C(=O)Nc1cccc(NS(=O)(=O)c2cccc(N)c2)c1. The van der Waals surface area contributed by atoms with Crippen LogP contribution >= 0.6 is 0 Å². The van der Waals surface area contributed by atoms with E-state index in [0.717, 1.165) is 0 Å². The van der Waals surface area contributed by atoms with Crippen LogP contribution < -0.4 is 15.8 Å². The van der Waals surface area contributed by atoms with E-state index in [9.17, 15) is 13.2 Å². The Morgan fingerprint density at radius 2 is 1.62 bits per heavy atom. The second-order valence-electron chi connectivity index (χ2n) is 6.46. The number of anilines is 3. The molecule has 0 spiro atoms. The smallest absolute Gasteiger partial charge is 0.261 e. The Hall–Kier alpha value is -2.54. The second-order valence-corrected chi connectivity index (χ2v) is 8.15. The average molecular weight is 347 g/mol. The van der Waals surface area contributed by atoms with Gasteiger partial charge in [-0.2, -0.15) is 0 Å². The third-order valence-electron chi connectivity index (χ3n) is 3.22. The van der Waals surface area contributed by atoms with Gasteiger partial charge in [-0.25, -0.2) is 8.42 Å². The fraction of sp³-hybridized carbons (Fsp3) is 0.235. The zero-order valence-corrected chi connectivity index (χ0v) is 14.6. The van der Waals surface area contributed by atoms with Crippen molar-refractivity contribution in [2.24, 2.45) is 5.41 Å². The van der Waals surface area contributed by atoms with Crippen molar-refractivity contribution in [2.75, 3.05) is 15.8 Å². The summed E-state index contributed by atoms with van der Waals surface area (Å²) in [6, 6.07) is 12.6. The number of hydrogen-bond acceptors (Lipinski definition) is 4. The molecule has 128 valence electrons. The highest BCUT2D eigenvalue weighted by Gasteiger charge is 2.21. The Balaban J connectivity index is 2.22. The highest BCUT2D eigenvalue weighted by molar-refractivity contribution is 7.92. The van der Waals surface area contributed by atoms with Crippen molar-refractivity contribution in [3.05, 3.63) is 48.5 Å². The quantitative estimate of drug-likeness (QED) is 0.740. The van der Waals surface area contributed by atoms with Crippen LogP contribution in [-0.2, 0) is 14.8 Å². The first-order valence-corrected chi connectivity index (χ1v) is 8.86. The van der Waals surface area contributed by atoms with Crippen LogP contribution in [0.25, 0.3) is 0 Å². The van der Waals surface area contributed by atoms with Crippen molar-refractivity contribution in [3.63, 3.8) is 0 Å². The van der Waals surface area contributed by atoms with Crippen molar-refractivity contribution in [1.29, 1.82) is 0 Å². The minimum atomic E-state index is -3.75. The number of rotatable bonds is 4. The normalized spacial score (nSPS) is 11.8. The van der Waals surface area contributed by atoms with Gasteiger partial charge in [0.05, 0.1) is 10.6 Å². The first-order chi connectivity index (χ1) is 11.1. The van der Waals surface area contributed by atoms with Gasteiger partial charge in [-0.3, -0.25) is 9.52 Å². The minimum Gasteiger partial charge on any atom is -0.399 e. The summed E-state index contributed by atoms with van der Waals surface area (Å²) >= 11 is 0. The molecule has 0 heterocycles. The molecule has 0 atom stereocenters. The van der Waals surface area contributed by atoms with E-state index >= 15 is 0 Å².